The van der Waals surface area contributed by atoms with Gasteiger partial charge >= 0.3 is 0 Å². The molecule has 5 nitrogen and oxygen atoms in total. The lowest BCUT2D eigenvalue weighted by atomic mass is 10.1. The van der Waals surface area contributed by atoms with Crippen LogP contribution in [0.1, 0.15) is 27.3 Å². The van der Waals surface area contributed by atoms with Crippen molar-refractivity contribution in [3.63, 3.8) is 0 Å². The normalized spacial score (nSPS) is 13.1. The monoisotopic (exact) mass is 378 g/mol. The number of aryl methyl sites for hydroxylation is 1. The van der Waals surface area contributed by atoms with Crippen molar-refractivity contribution in [2.45, 2.75) is 13.8 Å². The molecule has 0 saturated carbocycles. The summed E-state index contributed by atoms with van der Waals surface area (Å²) in [7, 11) is 0. The lowest BCUT2D eigenvalue weighted by molar-refractivity contribution is 0.104. The number of ether oxygens (including phenoxy) is 2. The fourth-order valence-electron chi connectivity index (χ4n) is 3.18. The number of carbonyl (C=O) groups is 1. The lowest BCUT2D eigenvalue weighted by Crippen LogP contribution is -2.15. The summed E-state index contributed by atoms with van der Waals surface area (Å²) in [6.45, 7) is 4.77. The van der Waals surface area contributed by atoms with E-state index >= 15 is 0 Å². The third-order valence-corrected chi connectivity index (χ3v) is 4.65. The van der Waals surface area contributed by atoms with Gasteiger partial charge in [0.2, 0.25) is 0 Å². The first-order chi connectivity index (χ1) is 13.5. The Morgan fingerprint density at radius 3 is 2.54 bits per heavy atom. The van der Waals surface area contributed by atoms with Crippen LogP contribution in [0.25, 0.3) is 11.8 Å². The molecule has 1 aromatic heterocycles. The SMILES string of the molecule is Cc1nn(-c2ccc(F)cc2)c(C)c1C=CC(=O)c1ccc2c(c1)OCCO2. The van der Waals surface area contributed by atoms with Crippen molar-refractivity contribution in [3.8, 4) is 17.2 Å². The van der Waals surface area contributed by atoms with E-state index in [-0.39, 0.29) is 11.6 Å². The summed E-state index contributed by atoms with van der Waals surface area (Å²) in [6, 6.07) is 11.3. The first-order valence-electron chi connectivity index (χ1n) is 8.97. The predicted molar refractivity (Wildman–Crippen MR) is 104 cm³/mol. The van der Waals surface area contributed by atoms with Crippen molar-refractivity contribution < 1.29 is 18.7 Å². The van der Waals surface area contributed by atoms with E-state index in [1.54, 1.807) is 41.1 Å². The summed E-state index contributed by atoms with van der Waals surface area (Å²) >= 11 is 0. The molecule has 28 heavy (non-hydrogen) atoms. The van der Waals surface area contributed by atoms with Crippen LogP contribution in [-0.4, -0.2) is 28.8 Å². The zero-order valence-corrected chi connectivity index (χ0v) is 15.6. The minimum Gasteiger partial charge on any atom is -0.486 e. The minimum absolute atomic E-state index is 0.134. The molecule has 1 aliphatic rings. The van der Waals surface area contributed by atoms with Gasteiger partial charge < -0.3 is 9.47 Å². The van der Waals surface area contributed by atoms with E-state index in [0.717, 1.165) is 22.6 Å². The molecule has 1 aliphatic heterocycles. The zero-order chi connectivity index (χ0) is 19.7. The second-order valence-electron chi connectivity index (χ2n) is 6.53. The van der Waals surface area contributed by atoms with Gasteiger partial charge in [0.25, 0.3) is 0 Å². The predicted octanol–water partition coefficient (Wildman–Crippen LogP) is 4.30. The molecule has 0 amide bonds. The van der Waals surface area contributed by atoms with Crippen LogP contribution in [0.3, 0.4) is 0 Å². The van der Waals surface area contributed by atoms with Gasteiger partial charge in [0, 0.05) is 16.8 Å². The Morgan fingerprint density at radius 1 is 1.07 bits per heavy atom. The fourth-order valence-corrected chi connectivity index (χ4v) is 3.18. The van der Waals surface area contributed by atoms with E-state index in [9.17, 15) is 9.18 Å². The van der Waals surface area contributed by atoms with Crippen molar-refractivity contribution in [3.05, 3.63) is 76.9 Å². The number of allylic oxidation sites excluding steroid dienone is 1. The summed E-state index contributed by atoms with van der Waals surface area (Å²) in [5.74, 6) is 0.807. The van der Waals surface area contributed by atoms with Gasteiger partial charge in [-0.15, -0.1) is 0 Å². The zero-order valence-electron chi connectivity index (χ0n) is 15.6. The van der Waals surface area contributed by atoms with E-state index in [4.69, 9.17) is 9.47 Å². The molecule has 4 rings (SSSR count). The molecule has 0 unspecified atom stereocenters. The Hall–Kier alpha value is -3.41. The van der Waals surface area contributed by atoms with Crippen LogP contribution in [0.5, 0.6) is 11.5 Å². The van der Waals surface area contributed by atoms with Gasteiger partial charge in [0.15, 0.2) is 17.3 Å². The van der Waals surface area contributed by atoms with E-state index < -0.39 is 0 Å². The van der Waals surface area contributed by atoms with Gasteiger partial charge in [-0.2, -0.15) is 5.10 Å². The first kappa shape index (κ1) is 18.0. The second kappa shape index (κ2) is 7.31. The van der Waals surface area contributed by atoms with Crippen LogP contribution in [-0.2, 0) is 0 Å². The van der Waals surface area contributed by atoms with Crippen molar-refractivity contribution in [2.24, 2.45) is 0 Å². The van der Waals surface area contributed by atoms with Crippen LogP contribution in [0.2, 0.25) is 0 Å². The number of hydrogen-bond acceptors (Lipinski definition) is 4. The molecule has 0 bridgehead atoms. The van der Waals surface area contributed by atoms with E-state index in [1.165, 1.54) is 18.2 Å². The summed E-state index contributed by atoms with van der Waals surface area (Å²) in [5, 5.41) is 4.51. The number of aromatic nitrogens is 2. The molecule has 6 heteroatoms. The third kappa shape index (κ3) is 3.41. The lowest BCUT2D eigenvalue weighted by Gasteiger charge is -2.18. The summed E-state index contributed by atoms with van der Waals surface area (Å²) in [5.41, 5.74) is 3.81. The molecular weight excluding hydrogens is 359 g/mol. The van der Waals surface area contributed by atoms with Gasteiger partial charge in [0.05, 0.1) is 11.4 Å². The molecule has 2 heterocycles. The Balaban J connectivity index is 1.59. The minimum atomic E-state index is -0.296. The highest BCUT2D eigenvalue weighted by atomic mass is 19.1. The van der Waals surface area contributed by atoms with Crippen LogP contribution in [0.15, 0.2) is 48.5 Å². The van der Waals surface area contributed by atoms with Crippen molar-refractivity contribution in [2.75, 3.05) is 13.2 Å². The molecule has 142 valence electrons. The number of rotatable bonds is 4. The molecule has 0 radical (unpaired) electrons. The summed E-state index contributed by atoms with van der Waals surface area (Å²) in [4.78, 5) is 12.6. The topological polar surface area (TPSA) is 53.4 Å². The number of halogens is 1. The number of nitrogens with zero attached hydrogens (tertiary/aromatic N) is 2. The molecule has 2 aromatic carbocycles. The van der Waals surface area contributed by atoms with Gasteiger partial charge in [0.1, 0.15) is 19.0 Å². The maximum absolute atomic E-state index is 13.2. The van der Waals surface area contributed by atoms with Gasteiger partial charge in [-0.3, -0.25) is 4.79 Å². The van der Waals surface area contributed by atoms with E-state index in [1.807, 2.05) is 13.8 Å². The Bertz CT molecular complexity index is 1070. The Morgan fingerprint density at radius 2 is 1.79 bits per heavy atom. The number of hydrogen-bond donors (Lipinski definition) is 0. The van der Waals surface area contributed by atoms with Crippen molar-refractivity contribution >= 4 is 11.9 Å². The summed E-state index contributed by atoms with van der Waals surface area (Å²) in [6.07, 6.45) is 3.29. The van der Waals surface area contributed by atoms with Crippen LogP contribution >= 0.6 is 0 Å². The highest BCUT2D eigenvalue weighted by Gasteiger charge is 2.15. The molecule has 0 fully saturated rings. The number of ketones is 1. The molecule has 0 saturated heterocycles. The number of carbonyl (C=O) groups excluding carboxylic acids is 1. The van der Waals surface area contributed by atoms with Crippen LogP contribution < -0.4 is 9.47 Å². The number of benzene rings is 2. The smallest absolute Gasteiger partial charge is 0.185 e. The first-order valence-corrected chi connectivity index (χ1v) is 8.97. The largest absolute Gasteiger partial charge is 0.486 e. The van der Waals surface area contributed by atoms with E-state index in [0.29, 0.717) is 30.3 Å². The second-order valence-corrected chi connectivity index (χ2v) is 6.53. The molecule has 0 aliphatic carbocycles. The third-order valence-electron chi connectivity index (χ3n) is 4.65. The van der Waals surface area contributed by atoms with Gasteiger partial charge in [-0.05, 0) is 68.5 Å². The highest BCUT2D eigenvalue weighted by Crippen LogP contribution is 2.31. The Kier molecular flexibility index (Phi) is 4.69. The standard InChI is InChI=1S/C22H19FN2O3/c1-14-19(15(2)25(24-14)18-6-4-17(23)5-7-18)8-9-20(26)16-3-10-21-22(13-16)28-12-11-27-21/h3-10,13H,11-12H2,1-2H3. The maximum atomic E-state index is 13.2. The molecular formula is C22H19FN2O3. The average Bonchev–Trinajstić information content (AvgIpc) is 3.00. The van der Waals surface area contributed by atoms with Gasteiger partial charge in [-0.25, -0.2) is 9.07 Å². The average molecular weight is 378 g/mol. The van der Waals surface area contributed by atoms with Crippen LogP contribution in [0, 0.1) is 19.7 Å². The quantitative estimate of drug-likeness (QED) is 0.502. The van der Waals surface area contributed by atoms with E-state index in [2.05, 4.69) is 5.10 Å². The van der Waals surface area contributed by atoms with Crippen molar-refractivity contribution in [1.29, 1.82) is 0 Å². The highest BCUT2D eigenvalue weighted by molar-refractivity contribution is 6.07. The fraction of sp³-hybridized carbons (Fsp3) is 0.182. The van der Waals surface area contributed by atoms with Crippen LogP contribution in [0.4, 0.5) is 4.39 Å². The van der Waals surface area contributed by atoms with Gasteiger partial charge in [-0.1, -0.05) is 0 Å². The van der Waals surface area contributed by atoms with Crippen molar-refractivity contribution in [1.82, 2.24) is 9.78 Å². The Labute approximate surface area is 162 Å². The molecule has 0 N–H and O–H groups in total. The maximum Gasteiger partial charge on any atom is 0.185 e. The number of fused-ring (bicyclic) bond motifs is 1. The molecule has 3 aromatic rings. The molecule has 0 atom stereocenters. The molecule has 0 spiro atoms. The summed E-state index contributed by atoms with van der Waals surface area (Å²) < 4.78 is 25.9.